The highest BCUT2D eigenvalue weighted by atomic mass is 32.2. The molecule has 0 radical (unpaired) electrons. The molecule has 8 nitrogen and oxygen atoms in total. The molecule has 1 rings (SSSR count). The molecular formula is C12H20N2O6S2. The molecule has 1 aromatic rings. The highest BCUT2D eigenvalue weighted by molar-refractivity contribution is 7.89. The summed E-state index contributed by atoms with van der Waals surface area (Å²) in [6.45, 7) is 1.57. The Bertz CT molecular complexity index is 655. The number of benzene rings is 1. The smallest absolute Gasteiger partial charge is 0.240 e. The van der Waals surface area contributed by atoms with Crippen LogP contribution in [0.15, 0.2) is 34.1 Å². The lowest BCUT2D eigenvalue weighted by Gasteiger charge is -2.08. The molecule has 1 aromatic carbocycles. The van der Waals surface area contributed by atoms with Crippen molar-refractivity contribution in [2.45, 2.75) is 16.2 Å². The van der Waals surface area contributed by atoms with Crippen LogP contribution >= 0.6 is 0 Å². The lowest BCUT2D eigenvalue weighted by Crippen LogP contribution is -2.25. The van der Waals surface area contributed by atoms with E-state index in [0.29, 0.717) is 26.2 Å². The average molecular weight is 352 g/mol. The zero-order valence-electron chi connectivity index (χ0n) is 12.2. The molecular weight excluding hydrogens is 332 g/mol. The molecule has 0 aliphatic rings. The maximum Gasteiger partial charge on any atom is 0.240 e. The van der Waals surface area contributed by atoms with Gasteiger partial charge >= 0.3 is 0 Å². The van der Waals surface area contributed by atoms with Gasteiger partial charge in [-0.1, -0.05) is 0 Å². The minimum Gasteiger partial charge on any atom is -0.382 e. The van der Waals surface area contributed by atoms with Gasteiger partial charge in [0.25, 0.3) is 0 Å². The van der Waals surface area contributed by atoms with Gasteiger partial charge in [0.1, 0.15) is 0 Å². The zero-order valence-corrected chi connectivity index (χ0v) is 13.8. The summed E-state index contributed by atoms with van der Waals surface area (Å²) in [7, 11) is -5.96. The first kappa shape index (κ1) is 19.0. The number of methoxy groups -OCH3 is 1. The number of nitrogens with one attached hydrogen (secondary N) is 1. The van der Waals surface area contributed by atoms with Gasteiger partial charge in [-0.25, -0.2) is 26.7 Å². The summed E-state index contributed by atoms with van der Waals surface area (Å²) >= 11 is 0. The molecule has 0 unspecified atom stereocenters. The number of sulfonamides is 2. The summed E-state index contributed by atoms with van der Waals surface area (Å²) in [6, 6.07) is 4.68. The van der Waals surface area contributed by atoms with E-state index in [1.54, 1.807) is 7.11 Å². The van der Waals surface area contributed by atoms with E-state index in [9.17, 15) is 16.8 Å². The summed E-state index contributed by atoms with van der Waals surface area (Å²) < 4.78 is 58.6. The van der Waals surface area contributed by atoms with Gasteiger partial charge in [-0.3, -0.25) is 0 Å². The summed E-state index contributed by atoms with van der Waals surface area (Å²) in [6.07, 6.45) is 0.512. The molecule has 0 amide bonds. The molecule has 0 aliphatic carbocycles. The summed E-state index contributed by atoms with van der Waals surface area (Å²) in [5.41, 5.74) is 0. The molecule has 0 aromatic heterocycles. The van der Waals surface area contributed by atoms with Gasteiger partial charge in [-0.15, -0.1) is 0 Å². The second-order valence-corrected chi connectivity index (χ2v) is 7.70. The van der Waals surface area contributed by atoms with Crippen LogP contribution in [0.1, 0.15) is 6.42 Å². The first-order valence-electron chi connectivity index (χ1n) is 6.46. The fraction of sp³-hybridized carbons (Fsp3) is 0.500. The molecule has 0 aliphatic heterocycles. The molecule has 10 heteroatoms. The number of nitrogens with two attached hydrogens (primary N) is 1. The van der Waals surface area contributed by atoms with Crippen molar-refractivity contribution in [2.24, 2.45) is 5.14 Å². The van der Waals surface area contributed by atoms with Gasteiger partial charge in [-0.05, 0) is 30.7 Å². The lowest BCUT2D eigenvalue weighted by atomic mass is 10.4. The van der Waals surface area contributed by atoms with Crippen molar-refractivity contribution in [3.05, 3.63) is 24.3 Å². The van der Waals surface area contributed by atoms with Gasteiger partial charge in [0.15, 0.2) is 0 Å². The monoisotopic (exact) mass is 352 g/mol. The highest BCUT2D eigenvalue weighted by Gasteiger charge is 2.15. The van der Waals surface area contributed by atoms with E-state index >= 15 is 0 Å². The predicted octanol–water partition coefficient (Wildman–Crippen LogP) is -0.335. The van der Waals surface area contributed by atoms with Gasteiger partial charge in [0, 0.05) is 20.3 Å². The minimum absolute atomic E-state index is 0.0276. The first-order valence-corrected chi connectivity index (χ1v) is 9.49. The van der Waals surface area contributed by atoms with Crippen molar-refractivity contribution in [1.29, 1.82) is 0 Å². The van der Waals surface area contributed by atoms with Crippen LogP contribution in [0.5, 0.6) is 0 Å². The van der Waals surface area contributed by atoms with Crippen LogP contribution in [0, 0.1) is 0 Å². The van der Waals surface area contributed by atoms with E-state index in [4.69, 9.17) is 14.6 Å². The van der Waals surface area contributed by atoms with Gasteiger partial charge in [-0.2, -0.15) is 0 Å². The van der Waals surface area contributed by atoms with Gasteiger partial charge < -0.3 is 9.47 Å². The largest absolute Gasteiger partial charge is 0.382 e. The van der Waals surface area contributed by atoms with Crippen molar-refractivity contribution >= 4 is 20.0 Å². The number of primary sulfonamides is 1. The number of hydrogen-bond acceptors (Lipinski definition) is 6. The van der Waals surface area contributed by atoms with Crippen molar-refractivity contribution in [3.63, 3.8) is 0 Å². The van der Waals surface area contributed by atoms with E-state index in [-0.39, 0.29) is 16.3 Å². The van der Waals surface area contributed by atoms with Crippen LogP contribution in [-0.2, 0) is 29.5 Å². The SMILES string of the molecule is COCCOCCCNS(=O)(=O)c1ccc(S(N)(=O)=O)cc1. The van der Waals surface area contributed by atoms with Crippen LogP contribution in [0.3, 0.4) is 0 Å². The molecule has 126 valence electrons. The number of hydrogen-bond donors (Lipinski definition) is 2. The normalized spacial score (nSPS) is 12.5. The predicted molar refractivity (Wildman–Crippen MR) is 80.3 cm³/mol. The third-order valence-corrected chi connectivity index (χ3v) is 5.06. The summed E-state index contributed by atoms with van der Waals surface area (Å²) in [5.74, 6) is 0. The van der Waals surface area contributed by atoms with Crippen molar-refractivity contribution in [1.82, 2.24) is 4.72 Å². The van der Waals surface area contributed by atoms with Crippen LogP contribution < -0.4 is 9.86 Å². The standard InChI is InChI=1S/C12H20N2O6S2/c1-19-9-10-20-8-2-7-14-22(17,18)12-5-3-11(4-6-12)21(13,15)16/h3-6,14H,2,7-10H2,1H3,(H2,13,15,16). The number of ether oxygens (including phenoxy) is 2. The second-order valence-electron chi connectivity index (χ2n) is 4.37. The van der Waals surface area contributed by atoms with E-state index in [1.165, 1.54) is 12.1 Å². The fourth-order valence-corrected chi connectivity index (χ4v) is 3.11. The lowest BCUT2D eigenvalue weighted by molar-refractivity contribution is 0.0699. The Kier molecular flexibility index (Phi) is 7.39. The maximum absolute atomic E-state index is 12.0. The Hall–Kier alpha value is -1.04. The molecule has 0 fully saturated rings. The van der Waals surface area contributed by atoms with Gasteiger partial charge in [0.05, 0.1) is 23.0 Å². The average Bonchev–Trinajstić information content (AvgIpc) is 2.45. The molecule has 0 saturated heterocycles. The molecule has 0 heterocycles. The van der Waals surface area contributed by atoms with Crippen LogP contribution in [0.2, 0.25) is 0 Å². The summed E-state index contributed by atoms with van der Waals surface area (Å²) in [4.78, 5) is -0.168. The molecule has 0 atom stereocenters. The quantitative estimate of drug-likeness (QED) is 0.555. The van der Waals surface area contributed by atoms with Crippen molar-refractivity contribution < 1.29 is 26.3 Å². The molecule has 22 heavy (non-hydrogen) atoms. The maximum atomic E-state index is 12.0. The topological polar surface area (TPSA) is 125 Å². The molecule has 3 N–H and O–H groups in total. The Morgan fingerprint density at radius 2 is 1.59 bits per heavy atom. The molecule has 0 spiro atoms. The van der Waals surface area contributed by atoms with E-state index in [0.717, 1.165) is 12.1 Å². The fourth-order valence-electron chi connectivity index (χ4n) is 1.52. The Morgan fingerprint density at radius 3 is 2.14 bits per heavy atom. The Labute approximate surface area is 130 Å². The van der Waals surface area contributed by atoms with Crippen LogP contribution in [0.25, 0.3) is 0 Å². The molecule has 0 bridgehead atoms. The highest BCUT2D eigenvalue weighted by Crippen LogP contribution is 2.13. The first-order chi connectivity index (χ1) is 10.3. The van der Waals surface area contributed by atoms with E-state index in [2.05, 4.69) is 4.72 Å². The van der Waals surface area contributed by atoms with E-state index < -0.39 is 20.0 Å². The second kappa shape index (κ2) is 8.56. The molecule has 0 saturated carbocycles. The Balaban J connectivity index is 2.49. The van der Waals surface area contributed by atoms with Crippen LogP contribution in [-0.4, -0.2) is 50.3 Å². The van der Waals surface area contributed by atoms with Crippen molar-refractivity contribution in [2.75, 3.05) is 33.5 Å². The Morgan fingerprint density at radius 1 is 1.00 bits per heavy atom. The minimum atomic E-state index is -3.84. The van der Waals surface area contributed by atoms with E-state index in [1.807, 2.05) is 0 Å². The summed E-state index contributed by atoms with van der Waals surface area (Å²) in [5, 5.41) is 4.95. The zero-order chi connectivity index (χ0) is 16.6. The third-order valence-electron chi connectivity index (χ3n) is 2.65. The third kappa shape index (κ3) is 6.38. The van der Waals surface area contributed by atoms with Crippen molar-refractivity contribution in [3.8, 4) is 0 Å². The number of rotatable bonds is 10. The van der Waals surface area contributed by atoms with Gasteiger partial charge in [0.2, 0.25) is 20.0 Å². The van der Waals surface area contributed by atoms with Crippen LogP contribution in [0.4, 0.5) is 0 Å².